The van der Waals surface area contributed by atoms with Crippen molar-refractivity contribution in [3.8, 4) is 0 Å². The van der Waals surface area contributed by atoms with Crippen molar-refractivity contribution in [2.24, 2.45) is 7.05 Å². The van der Waals surface area contributed by atoms with Gasteiger partial charge in [-0.15, -0.1) is 0 Å². The molecule has 0 saturated carbocycles. The molecule has 1 aromatic rings. The molecule has 0 spiro atoms. The first-order valence-electron chi connectivity index (χ1n) is 3.16. The summed E-state index contributed by atoms with van der Waals surface area (Å²) in [7, 11) is 1.48. The van der Waals surface area contributed by atoms with Crippen molar-refractivity contribution in [2.75, 3.05) is 0 Å². The minimum absolute atomic E-state index is 0.0471. The van der Waals surface area contributed by atoms with E-state index in [0.29, 0.717) is 0 Å². The Labute approximate surface area is 72.6 Å². The Kier molecular flexibility index (Phi) is 2.64. The highest BCUT2D eigenvalue weighted by atomic mass is 35.5. The number of hydrogen-bond donors (Lipinski definition) is 1. The molecule has 1 rings (SSSR count). The van der Waals surface area contributed by atoms with Gasteiger partial charge in [0.25, 0.3) is 6.43 Å². The third kappa shape index (κ3) is 1.73. The van der Waals surface area contributed by atoms with Crippen molar-refractivity contribution in [3.63, 3.8) is 0 Å². The highest BCUT2D eigenvalue weighted by Gasteiger charge is 2.20. The van der Waals surface area contributed by atoms with Crippen LogP contribution in [0, 0.1) is 0 Å². The lowest BCUT2D eigenvalue weighted by Crippen LogP contribution is -1.94. The van der Waals surface area contributed by atoms with Crippen molar-refractivity contribution in [2.45, 2.75) is 12.0 Å². The van der Waals surface area contributed by atoms with E-state index in [-0.39, 0.29) is 5.56 Å². The molecule has 1 N–H and O–H groups in total. The number of aliphatic hydroxyl groups is 1. The predicted octanol–water partition coefficient (Wildman–Crippen LogP) is 1.59. The van der Waals surface area contributed by atoms with Crippen molar-refractivity contribution in [1.29, 1.82) is 0 Å². The second-order valence-corrected chi connectivity index (χ2v) is 2.69. The van der Waals surface area contributed by atoms with Gasteiger partial charge in [-0.3, -0.25) is 4.68 Å². The minimum atomic E-state index is -2.71. The maximum absolute atomic E-state index is 12.2. The molecule has 6 heteroatoms. The Morgan fingerprint density at radius 2 is 2.25 bits per heavy atom. The first-order valence-corrected chi connectivity index (χ1v) is 3.59. The number of aryl methyl sites for hydroxylation is 1. The van der Waals surface area contributed by atoms with Crippen LogP contribution in [0.4, 0.5) is 8.78 Å². The van der Waals surface area contributed by atoms with Crippen LogP contribution in [0.1, 0.15) is 23.2 Å². The number of hydrogen-bond acceptors (Lipinski definition) is 2. The third-order valence-corrected chi connectivity index (χ3v) is 1.59. The van der Waals surface area contributed by atoms with Gasteiger partial charge in [-0.05, 0) is 0 Å². The van der Waals surface area contributed by atoms with Gasteiger partial charge in [0, 0.05) is 18.8 Å². The number of aliphatic hydroxyl groups excluding tert-OH is 1. The van der Waals surface area contributed by atoms with Crippen molar-refractivity contribution in [1.82, 2.24) is 9.78 Å². The van der Waals surface area contributed by atoms with Gasteiger partial charge in [0.1, 0.15) is 5.69 Å². The van der Waals surface area contributed by atoms with Crippen LogP contribution in [0.2, 0.25) is 0 Å². The molecule has 68 valence electrons. The third-order valence-electron chi connectivity index (χ3n) is 1.35. The highest BCUT2D eigenvalue weighted by molar-refractivity contribution is 6.19. The van der Waals surface area contributed by atoms with E-state index >= 15 is 0 Å². The van der Waals surface area contributed by atoms with Crippen LogP contribution in [0.25, 0.3) is 0 Å². The van der Waals surface area contributed by atoms with Crippen LogP contribution in [0.15, 0.2) is 6.20 Å². The SMILES string of the molecule is Cn1cc(C(O)Cl)c(C(F)F)n1. The fourth-order valence-electron chi connectivity index (χ4n) is 0.877. The van der Waals surface area contributed by atoms with Gasteiger partial charge >= 0.3 is 0 Å². The number of halogens is 3. The normalized spacial score (nSPS) is 13.8. The molecule has 0 radical (unpaired) electrons. The molecule has 3 nitrogen and oxygen atoms in total. The summed E-state index contributed by atoms with van der Waals surface area (Å²) in [6.07, 6.45) is -1.45. The van der Waals surface area contributed by atoms with E-state index in [1.54, 1.807) is 0 Å². The second-order valence-electron chi connectivity index (χ2n) is 2.28. The van der Waals surface area contributed by atoms with E-state index in [1.165, 1.54) is 17.9 Å². The van der Waals surface area contributed by atoms with Crippen LogP contribution < -0.4 is 0 Å². The number of alkyl halides is 3. The Morgan fingerprint density at radius 1 is 1.67 bits per heavy atom. The van der Waals surface area contributed by atoms with Crippen LogP contribution in [-0.4, -0.2) is 14.9 Å². The molecule has 0 amide bonds. The summed E-state index contributed by atoms with van der Waals surface area (Å²) in [6.45, 7) is 0. The summed E-state index contributed by atoms with van der Waals surface area (Å²) >= 11 is 5.23. The van der Waals surface area contributed by atoms with E-state index in [0.717, 1.165) is 0 Å². The molecule has 1 atom stereocenters. The summed E-state index contributed by atoms with van der Waals surface area (Å²) in [5.74, 6) is 0. The average Bonchev–Trinajstić information content (AvgIpc) is 2.31. The van der Waals surface area contributed by atoms with Gasteiger partial charge in [0.15, 0.2) is 5.56 Å². The van der Waals surface area contributed by atoms with Crippen LogP contribution >= 0.6 is 11.6 Å². The first-order chi connectivity index (χ1) is 5.52. The van der Waals surface area contributed by atoms with Gasteiger partial charge < -0.3 is 5.11 Å². The zero-order valence-electron chi connectivity index (χ0n) is 6.21. The van der Waals surface area contributed by atoms with E-state index < -0.39 is 17.7 Å². The maximum Gasteiger partial charge on any atom is 0.282 e. The standard InChI is InChI=1S/C6H7ClF2N2O/c1-11-2-3(5(7)12)4(10-11)6(8)9/h2,5-6,12H,1H3. The zero-order valence-corrected chi connectivity index (χ0v) is 6.96. The Bertz CT molecular complexity index is 249. The average molecular weight is 197 g/mol. The number of rotatable bonds is 2. The predicted molar refractivity (Wildman–Crippen MR) is 39.0 cm³/mol. The molecule has 1 unspecified atom stereocenters. The van der Waals surface area contributed by atoms with E-state index in [2.05, 4.69) is 5.10 Å². The van der Waals surface area contributed by atoms with Gasteiger partial charge in [-0.1, -0.05) is 11.6 Å². The van der Waals surface area contributed by atoms with Gasteiger partial charge in [-0.25, -0.2) is 8.78 Å². The zero-order chi connectivity index (χ0) is 9.30. The summed E-state index contributed by atoms with van der Waals surface area (Å²) in [6, 6.07) is 0. The largest absolute Gasteiger partial charge is 0.373 e. The summed E-state index contributed by atoms with van der Waals surface area (Å²) in [4.78, 5) is 0. The lowest BCUT2D eigenvalue weighted by atomic mass is 10.3. The quantitative estimate of drug-likeness (QED) is 0.730. The Balaban J connectivity index is 3.08. The van der Waals surface area contributed by atoms with E-state index in [4.69, 9.17) is 16.7 Å². The summed E-state index contributed by atoms with van der Waals surface area (Å²) in [5, 5.41) is 12.3. The van der Waals surface area contributed by atoms with Gasteiger partial charge in [0.05, 0.1) is 0 Å². The Hall–Kier alpha value is -0.680. The molecule has 0 saturated heterocycles. The van der Waals surface area contributed by atoms with Crippen LogP contribution in [-0.2, 0) is 7.05 Å². The molecule has 12 heavy (non-hydrogen) atoms. The molecule has 1 aromatic heterocycles. The second kappa shape index (κ2) is 3.37. The monoisotopic (exact) mass is 196 g/mol. The molecule has 0 bridgehead atoms. The molecule has 0 aliphatic carbocycles. The lowest BCUT2D eigenvalue weighted by molar-refractivity contribution is 0.140. The topological polar surface area (TPSA) is 38.0 Å². The first kappa shape index (κ1) is 9.41. The van der Waals surface area contributed by atoms with E-state index in [1.807, 2.05) is 0 Å². The summed E-state index contributed by atoms with van der Waals surface area (Å²) < 4.78 is 25.5. The smallest absolute Gasteiger partial charge is 0.282 e. The summed E-state index contributed by atoms with van der Waals surface area (Å²) in [5.41, 5.74) is -1.95. The van der Waals surface area contributed by atoms with Crippen LogP contribution in [0.5, 0.6) is 0 Å². The van der Waals surface area contributed by atoms with Gasteiger partial charge in [-0.2, -0.15) is 5.10 Å². The molecular weight excluding hydrogens is 190 g/mol. The minimum Gasteiger partial charge on any atom is -0.373 e. The Morgan fingerprint density at radius 3 is 2.58 bits per heavy atom. The maximum atomic E-state index is 12.2. The lowest BCUT2D eigenvalue weighted by Gasteiger charge is -2.00. The number of aromatic nitrogens is 2. The van der Waals surface area contributed by atoms with E-state index in [9.17, 15) is 8.78 Å². The van der Waals surface area contributed by atoms with Crippen molar-refractivity contribution in [3.05, 3.63) is 17.5 Å². The molecule has 0 aliphatic rings. The van der Waals surface area contributed by atoms with Crippen molar-refractivity contribution < 1.29 is 13.9 Å². The number of nitrogens with zero attached hydrogens (tertiary/aromatic N) is 2. The molecule has 0 fully saturated rings. The fraction of sp³-hybridized carbons (Fsp3) is 0.500. The fourth-order valence-corrected chi connectivity index (χ4v) is 1.05. The highest BCUT2D eigenvalue weighted by Crippen LogP contribution is 2.27. The van der Waals surface area contributed by atoms with Crippen LogP contribution in [0.3, 0.4) is 0 Å². The van der Waals surface area contributed by atoms with Crippen molar-refractivity contribution >= 4 is 11.6 Å². The molecule has 0 aliphatic heterocycles. The molecule has 0 aromatic carbocycles. The molecule has 1 heterocycles. The van der Waals surface area contributed by atoms with Gasteiger partial charge in [0.2, 0.25) is 0 Å². The molecular formula is C6H7ClF2N2O.